The maximum absolute atomic E-state index is 10.7. The van der Waals surface area contributed by atoms with Crippen LogP contribution in [0.5, 0.6) is 0 Å². The lowest BCUT2D eigenvalue weighted by molar-refractivity contribution is 0.0697. The van der Waals surface area contributed by atoms with Gasteiger partial charge in [-0.1, -0.05) is 25.5 Å². The van der Waals surface area contributed by atoms with Gasteiger partial charge in [-0.15, -0.1) is 0 Å². The molecule has 0 atom stereocenters. The van der Waals surface area contributed by atoms with Crippen molar-refractivity contribution in [3.05, 3.63) is 35.4 Å². The third kappa shape index (κ3) is 4.03. The van der Waals surface area contributed by atoms with Gasteiger partial charge >= 0.3 is 5.97 Å². The fourth-order valence-corrected chi connectivity index (χ4v) is 1.57. The number of carboxylic acids is 1. The largest absolute Gasteiger partial charge is 0.478 e. The summed E-state index contributed by atoms with van der Waals surface area (Å²) in [6.45, 7) is 4.13. The van der Waals surface area contributed by atoms with Gasteiger partial charge in [0.2, 0.25) is 0 Å². The minimum Gasteiger partial charge on any atom is -0.478 e. The lowest BCUT2D eigenvalue weighted by Gasteiger charge is -2.16. The van der Waals surface area contributed by atoms with Crippen molar-refractivity contribution in [2.45, 2.75) is 26.3 Å². The van der Waals surface area contributed by atoms with E-state index in [0.717, 1.165) is 18.7 Å². The molecular formula is C13H19NO2. The van der Waals surface area contributed by atoms with Crippen molar-refractivity contribution in [3.63, 3.8) is 0 Å². The van der Waals surface area contributed by atoms with Crippen molar-refractivity contribution in [3.8, 4) is 0 Å². The normalized spacial score (nSPS) is 10.7. The summed E-state index contributed by atoms with van der Waals surface area (Å²) in [4.78, 5) is 12.9. The number of hydrogen-bond acceptors (Lipinski definition) is 2. The standard InChI is InChI=1S/C13H19NO2/c1-3-4-9-14(2)10-11-5-7-12(8-6-11)13(15)16/h5-8H,3-4,9-10H2,1-2H3,(H,15,16). The molecule has 88 valence electrons. The summed E-state index contributed by atoms with van der Waals surface area (Å²) < 4.78 is 0. The van der Waals surface area contributed by atoms with Crippen molar-refractivity contribution >= 4 is 5.97 Å². The average Bonchev–Trinajstić information content (AvgIpc) is 2.27. The molecule has 16 heavy (non-hydrogen) atoms. The quantitative estimate of drug-likeness (QED) is 0.802. The molecule has 0 spiro atoms. The van der Waals surface area contributed by atoms with E-state index in [1.165, 1.54) is 12.8 Å². The summed E-state index contributed by atoms with van der Waals surface area (Å²) in [7, 11) is 2.08. The van der Waals surface area contributed by atoms with E-state index in [9.17, 15) is 4.79 Å². The Morgan fingerprint density at radius 3 is 2.44 bits per heavy atom. The molecule has 0 aromatic heterocycles. The zero-order chi connectivity index (χ0) is 12.0. The lowest BCUT2D eigenvalue weighted by atomic mass is 10.1. The van der Waals surface area contributed by atoms with Crippen LogP contribution in [0, 0.1) is 0 Å². The van der Waals surface area contributed by atoms with Crippen molar-refractivity contribution in [1.29, 1.82) is 0 Å². The molecule has 0 heterocycles. The van der Waals surface area contributed by atoms with Crippen LogP contribution in [0.15, 0.2) is 24.3 Å². The Bertz CT molecular complexity index is 332. The van der Waals surface area contributed by atoms with Crippen molar-refractivity contribution in [2.75, 3.05) is 13.6 Å². The Labute approximate surface area is 96.7 Å². The third-order valence-corrected chi connectivity index (χ3v) is 2.55. The highest BCUT2D eigenvalue weighted by Crippen LogP contribution is 2.07. The maximum Gasteiger partial charge on any atom is 0.335 e. The van der Waals surface area contributed by atoms with Crippen LogP contribution >= 0.6 is 0 Å². The summed E-state index contributed by atoms with van der Waals surface area (Å²) in [6.07, 6.45) is 2.39. The summed E-state index contributed by atoms with van der Waals surface area (Å²) in [5, 5.41) is 8.76. The summed E-state index contributed by atoms with van der Waals surface area (Å²) >= 11 is 0. The molecule has 0 saturated carbocycles. The number of aromatic carboxylic acids is 1. The smallest absolute Gasteiger partial charge is 0.335 e. The second-order valence-electron chi connectivity index (χ2n) is 4.09. The summed E-state index contributed by atoms with van der Waals surface area (Å²) in [6, 6.07) is 7.08. The number of carboxylic acid groups (broad SMARTS) is 1. The fourth-order valence-electron chi connectivity index (χ4n) is 1.57. The highest BCUT2D eigenvalue weighted by molar-refractivity contribution is 5.87. The molecule has 0 aliphatic carbocycles. The number of unbranched alkanes of at least 4 members (excludes halogenated alkanes) is 1. The van der Waals surface area contributed by atoms with Gasteiger partial charge in [0.25, 0.3) is 0 Å². The van der Waals surface area contributed by atoms with Crippen LogP contribution in [0.3, 0.4) is 0 Å². The first-order valence-electron chi connectivity index (χ1n) is 5.64. The molecular weight excluding hydrogens is 202 g/mol. The van der Waals surface area contributed by atoms with Crippen molar-refractivity contribution in [2.24, 2.45) is 0 Å². The molecule has 1 aromatic rings. The lowest BCUT2D eigenvalue weighted by Crippen LogP contribution is -2.18. The summed E-state index contributed by atoms with van der Waals surface area (Å²) in [5.74, 6) is -0.870. The Balaban J connectivity index is 2.51. The van der Waals surface area contributed by atoms with E-state index < -0.39 is 5.97 Å². The van der Waals surface area contributed by atoms with Gasteiger partial charge in [0.15, 0.2) is 0 Å². The van der Waals surface area contributed by atoms with Crippen LogP contribution in [0.1, 0.15) is 35.7 Å². The SMILES string of the molecule is CCCCN(C)Cc1ccc(C(=O)O)cc1. The van der Waals surface area contributed by atoms with E-state index in [0.29, 0.717) is 5.56 Å². The van der Waals surface area contributed by atoms with Crippen LogP contribution in [-0.4, -0.2) is 29.6 Å². The molecule has 3 heteroatoms. The van der Waals surface area contributed by atoms with Gasteiger partial charge in [0, 0.05) is 6.54 Å². The third-order valence-electron chi connectivity index (χ3n) is 2.55. The predicted octanol–water partition coefficient (Wildman–Crippen LogP) is 2.62. The van der Waals surface area contributed by atoms with Crippen molar-refractivity contribution in [1.82, 2.24) is 4.90 Å². The van der Waals surface area contributed by atoms with Gasteiger partial charge in [0.1, 0.15) is 0 Å². The van der Waals surface area contributed by atoms with E-state index in [-0.39, 0.29) is 0 Å². The number of rotatable bonds is 6. The van der Waals surface area contributed by atoms with Crippen molar-refractivity contribution < 1.29 is 9.90 Å². The summed E-state index contributed by atoms with van der Waals surface area (Å²) in [5.41, 5.74) is 1.50. The number of carbonyl (C=O) groups is 1. The Kier molecular flexibility index (Phi) is 4.99. The number of hydrogen-bond donors (Lipinski definition) is 1. The molecule has 3 nitrogen and oxygen atoms in total. The van der Waals surface area contributed by atoms with Gasteiger partial charge < -0.3 is 10.0 Å². The highest BCUT2D eigenvalue weighted by Gasteiger charge is 2.03. The molecule has 0 radical (unpaired) electrons. The number of benzene rings is 1. The van der Waals surface area contributed by atoms with Crippen LogP contribution < -0.4 is 0 Å². The van der Waals surface area contributed by atoms with Crippen LogP contribution in [0.4, 0.5) is 0 Å². The molecule has 0 aliphatic rings. The van der Waals surface area contributed by atoms with Crippen LogP contribution in [0.25, 0.3) is 0 Å². The molecule has 0 bridgehead atoms. The average molecular weight is 221 g/mol. The van der Waals surface area contributed by atoms with Crippen LogP contribution in [0.2, 0.25) is 0 Å². The molecule has 1 aromatic carbocycles. The first-order chi connectivity index (χ1) is 7.63. The predicted molar refractivity (Wildman–Crippen MR) is 64.6 cm³/mol. The maximum atomic E-state index is 10.7. The molecule has 1 N–H and O–H groups in total. The Morgan fingerprint density at radius 1 is 1.31 bits per heavy atom. The number of nitrogens with zero attached hydrogens (tertiary/aromatic N) is 1. The van der Waals surface area contributed by atoms with E-state index in [2.05, 4.69) is 18.9 Å². The molecule has 0 amide bonds. The molecule has 1 rings (SSSR count). The van der Waals surface area contributed by atoms with Gasteiger partial charge in [0.05, 0.1) is 5.56 Å². The van der Waals surface area contributed by atoms with E-state index in [1.54, 1.807) is 12.1 Å². The Morgan fingerprint density at radius 2 is 1.94 bits per heavy atom. The second-order valence-corrected chi connectivity index (χ2v) is 4.09. The van der Waals surface area contributed by atoms with E-state index >= 15 is 0 Å². The monoisotopic (exact) mass is 221 g/mol. The minimum atomic E-state index is -0.870. The van der Waals surface area contributed by atoms with Gasteiger partial charge in [-0.25, -0.2) is 4.79 Å². The highest BCUT2D eigenvalue weighted by atomic mass is 16.4. The Hall–Kier alpha value is -1.35. The first kappa shape index (κ1) is 12.7. The fraction of sp³-hybridized carbons (Fsp3) is 0.462. The molecule has 0 unspecified atom stereocenters. The minimum absolute atomic E-state index is 0.347. The zero-order valence-corrected chi connectivity index (χ0v) is 9.94. The molecule has 0 aliphatic heterocycles. The van der Waals surface area contributed by atoms with Gasteiger partial charge in [-0.05, 0) is 37.7 Å². The molecule has 0 saturated heterocycles. The van der Waals surface area contributed by atoms with Crippen LogP contribution in [-0.2, 0) is 6.54 Å². The first-order valence-corrected chi connectivity index (χ1v) is 5.64. The van der Waals surface area contributed by atoms with E-state index in [4.69, 9.17) is 5.11 Å². The van der Waals surface area contributed by atoms with Gasteiger partial charge in [-0.3, -0.25) is 0 Å². The molecule has 0 fully saturated rings. The van der Waals surface area contributed by atoms with E-state index in [1.807, 2.05) is 12.1 Å². The van der Waals surface area contributed by atoms with Gasteiger partial charge in [-0.2, -0.15) is 0 Å². The topological polar surface area (TPSA) is 40.5 Å². The zero-order valence-electron chi connectivity index (χ0n) is 9.94. The second kappa shape index (κ2) is 6.28.